The zero-order chi connectivity index (χ0) is 18.2. The Balaban J connectivity index is 2.44. The summed E-state index contributed by atoms with van der Waals surface area (Å²) in [6, 6.07) is 0. The smallest absolute Gasteiger partial charge is 0.282 e. The van der Waals surface area contributed by atoms with E-state index in [-0.39, 0.29) is 25.3 Å². The van der Waals surface area contributed by atoms with Gasteiger partial charge in [-0.05, 0) is 13.8 Å². The summed E-state index contributed by atoms with van der Waals surface area (Å²) >= 11 is 0. The Morgan fingerprint density at radius 3 is 2.67 bits per heavy atom. The molecule has 3 saturated heterocycles. The number of nitrogens with zero attached hydrogens (tertiary/aromatic N) is 1. The number of oxime groups is 1. The lowest BCUT2D eigenvalue weighted by Gasteiger charge is -2.49. The molecule has 0 spiro atoms. The third-order valence-corrected chi connectivity index (χ3v) is 3.94. The van der Waals surface area contributed by atoms with Gasteiger partial charge in [-0.3, -0.25) is 9.59 Å². The Morgan fingerprint density at radius 2 is 2.08 bits per heavy atom. The van der Waals surface area contributed by atoms with Gasteiger partial charge < -0.3 is 40.6 Å². The lowest BCUT2D eigenvalue weighted by atomic mass is 9.85. The number of hydrogen-bond acceptors (Lipinski definition) is 9. The molecule has 0 saturated carbocycles. The molecule has 11 nitrogen and oxygen atoms in total. The van der Waals surface area contributed by atoms with E-state index >= 15 is 0 Å². The van der Waals surface area contributed by atoms with Crippen LogP contribution in [0.2, 0.25) is 0 Å². The fourth-order valence-electron chi connectivity index (χ4n) is 2.47. The van der Waals surface area contributed by atoms with Crippen LogP contribution in [0.5, 0.6) is 0 Å². The Labute approximate surface area is 137 Å². The molecule has 3 aliphatic heterocycles. The summed E-state index contributed by atoms with van der Waals surface area (Å²) < 4.78 is 5.33. The van der Waals surface area contributed by atoms with Gasteiger partial charge in [0, 0.05) is 6.42 Å². The fourth-order valence-corrected chi connectivity index (χ4v) is 2.47. The minimum absolute atomic E-state index is 0.0834. The van der Waals surface area contributed by atoms with Crippen molar-refractivity contribution in [2.24, 2.45) is 5.16 Å². The molecule has 0 aromatic rings. The van der Waals surface area contributed by atoms with Crippen LogP contribution in [-0.2, 0) is 19.2 Å². The van der Waals surface area contributed by atoms with Crippen LogP contribution in [0.4, 0.5) is 0 Å². The molecule has 0 unspecified atom stereocenters. The molecule has 0 radical (unpaired) electrons. The molecular weight excluding hydrogens is 326 g/mol. The van der Waals surface area contributed by atoms with Gasteiger partial charge in [0.1, 0.15) is 24.0 Å². The second-order valence-electron chi connectivity index (χ2n) is 5.83. The van der Waals surface area contributed by atoms with Crippen molar-refractivity contribution in [3.8, 4) is 0 Å². The quantitative estimate of drug-likeness (QED) is 0.279. The zero-order valence-electron chi connectivity index (χ0n) is 13.3. The van der Waals surface area contributed by atoms with Crippen LogP contribution in [0, 0.1) is 0 Å². The summed E-state index contributed by atoms with van der Waals surface area (Å²) in [5.74, 6) is -2.22. The predicted octanol–water partition coefficient (Wildman–Crippen LogP) is -3.47. The van der Waals surface area contributed by atoms with Gasteiger partial charge >= 0.3 is 0 Å². The van der Waals surface area contributed by atoms with Crippen LogP contribution >= 0.6 is 0 Å². The first-order valence-electron chi connectivity index (χ1n) is 7.36. The number of amides is 2. The summed E-state index contributed by atoms with van der Waals surface area (Å²) in [6.07, 6.45) is -2.09. The molecule has 11 heteroatoms. The van der Waals surface area contributed by atoms with Gasteiger partial charge in [0.15, 0.2) is 0 Å². The number of nitrogens with one attached hydrogen (secondary N) is 2. The Kier molecular flexibility index (Phi) is 4.84. The van der Waals surface area contributed by atoms with Gasteiger partial charge in [-0.25, -0.2) is 0 Å². The average molecular weight is 347 g/mol. The van der Waals surface area contributed by atoms with E-state index in [1.165, 1.54) is 0 Å². The molecule has 2 bridgehead atoms. The van der Waals surface area contributed by atoms with Crippen molar-refractivity contribution in [2.75, 3.05) is 19.8 Å². The second kappa shape index (κ2) is 6.26. The summed E-state index contributed by atoms with van der Waals surface area (Å²) in [5, 5.41) is 47.8. The average Bonchev–Trinajstić information content (AvgIpc) is 2.53. The van der Waals surface area contributed by atoms with Gasteiger partial charge in [0.25, 0.3) is 23.3 Å². The highest BCUT2D eigenvalue weighted by Gasteiger charge is 2.64. The number of carbonyl (C=O) groups is 2. The molecule has 3 aliphatic rings. The Hall–Kier alpha value is -1.79. The molecule has 2 amide bonds. The number of piperazine rings is 1. The molecule has 4 atom stereocenters. The van der Waals surface area contributed by atoms with Crippen molar-refractivity contribution in [1.82, 2.24) is 10.6 Å². The number of ether oxygens (including phenoxy) is 1. The van der Waals surface area contributed by atoms with Crippen molar-refractivity contribution in [1.29, 1.82) is 0 Å². The Bertz CT molecular complexity index is 565. The normalized spacial score (nSPS) is 35.5. The maximum absolute atomic E-state index is 12.5. The van der Waals surface area contributed by atoms with E-state index in [0.29, 0.717) is 0 Å². The number of aliphatic hydroxyl groups is 4. The highest BCUT2D eigenvalue weighted by atomic mass is 16.6. The zero-order valence-corrected chi connectivity index (χ0v) is 13.3. The van der Waals surface area contributed by atoms with Crippen molar-refractivity contribution in [3.05, 3.63) is 0 Å². The minimum Gasteiger partial charge on any atom is -0.396 e. The van der Waals surface area contributed by atoms with Gasteiger partial charge in [-0.1, -0.05) is 5.16 Å². The summed E-state index contributed by atoms with van der Waals surface area (Å²) in [4.78, 5) is 29.6. The third-order valence-electron chi connectivity index (χ3n) is 3.94. The minimum atomic E-state index is -2.47. The van der Waals surface area contributed by atoms with Crippen LogP contribution in [-0.4, -0.2) is 80.9 Å². The Morgan fingerprint density at radius 1 is 1.42 bits per heavy atom. The fraction of sp³-hybridized carbons (Fsp3) is 0.769. The first kappa shape index (κ1) is 18.5. The van der Waals surface area contributed by atoms with Crippen molar-refractivity contribution >= 4 is 17.5 Å². The second-order valence-corrected chi connectivity index (χ2v) is 5.83. The van der Waals surface area contributed by atoms with Gasteiger partial charge in [-0.15, -0.1) is 0 Å². The van der Waals surface area contributed by atoms with E-state index < -0.39 is 41.6 Å². The summed E-state index contributed by atoms with van der Waals surface area (Å²) in [6.45, 7) is 1.77. The third kappa shape index (κ3) is 2.74. The van der Waals surface area contributed by atoms with Crippen LogP contribution < -0.4 is 10.6 Å². The van der Waals surface area contributed by atoms with Crippen molar-refractivity contribution < 1.29 is 39.6 Å². The van der Waals surface area contributed by atoms with E-state index in [2.05, 4.69) is 10.5 Å². The standard InChI is InChI=1S/C13H21N3O8/c1-3-24-16-7-4-5-23-13(8(18)11(2,21)6-17)10(20)14-12(7,22)9(19)15-13/h8,17-18,21-22H,3-6H2,1-2H3,(H,14,20)(H,15,19)/b16-7-/t8-,11-,12+,13-/m0/s1. The van der Waals surface area contributed by atoms with Crippen LogP contribution in [0.3, 0.4) is 0 Å². The molecule has 136 valence electrons. The monoisotopic (exact) mass is 347 g/mol. The molecule has 3 heterocycles. The molecule has 3 fully saturated rings. The van der Waals surface area contributed by atoms with Gasteiger partial charge in [0.2, 0.25) is 0 Å². The van der Waals surface area contributed by atoms with E-state index in [4.69, 9.17) is 9.57 Å². The number of fused-ring (bicyclic) bond motifs is 5. The maximum Gasteiger partial charge on any atom is 0.282 e. The highest BCUT2D eigenvalue weighted by Crippen LogP contribution is 2.30. The summed E-state index contributed by atoms with van der Waals surface area (Å²) in [7, 11) is 0. The lowest BCUT2D eigenvalue weighted by Crippen LogP contribution is -2.84. The van der Waals surface area contributed by atoms with Gasteiger partial charge in [0.05, 0.1) is 13.2 Å². The van der Waals surface area contributed by atoms with Crippen LogP contribution in [0.15, 0.2) is 5.16 Å². The highest BCUT2D eigenvalue weighted by molar-refractivity contribution is 6.17. The van der Waals surface area contributed by atoms with Crippen molar-refractivity contribution in [3.63, 3.8) is 0 Å². The number of hydrogen-bond donors (Lipinski definition) is 6. The SMILES string of the molecule is CCO/N=C1/CCO[C@]2([C@@H](O)[C@@](C)(O)CO)NC(=O)[C@@]1(O)NC2=O. The molecule has 3 rings (SSSR count). The molecule has 24 heavy (non-hydrogen) atoms. The van der Waals surface area contributed by atoms with E-state index in [9.17, 15) is 30.0 Å². The molecule has 0 aromatic carbocycles. The molecular formula is C13H21N3O8. The topological polar surface area (TPSA) is 170 Å². The van der Waals surface area contributed by atoms with E-state index in [1.807, 2.05) is 5.32 Å². The number of aliphatic hydroxyl groups excluding tert-OH is 2. The first-order chi connectivity index (χ1) is 11.1. The van der Waals surface area contributed by atoms with Gasteiger partial charge in [-0.2, -0.15) is 0 Å². The molecule has 6 N–H and O–H groups in total. The predicted molar refractivity (Wildman–Crippen MR) is 77.3 cm³/mol. The van der Waals surface area contributed by atoms with Crippen LogP contribution in [0.1, 0.15) is 20.3 Å². The number of rotatable bonds is 5. The largest absolute Gasteiger partial charge is 0.396 e. The lowest BCUT2D eigenvalue weighted by molar-refractivity contribution is -0.227. The van der Waals surface area contributed by atoms with Crippen molar-refractivity contribution in [2.45, 2.75) is 43.4 Å². The van der Waals surface area contributed by atoms with E-state index in [1.54, 1.807) is 6.92 Å². The van der Waals surface area contributed by atoms with Crippen LogP contribution in [0.25, 0.3) is 0 Å². The van der Waals surface area contributed by atoms with E-state index in [0.717, 1.165) is 6.92 Å². The molecule has 0 aliphatic carbocycles. The number of carbonyl (C=O) groups excluding carboxylic acids is 2. The first-order valence-corrected chi connectivity index (χ1v) is 7.36. The maximum atomic E-state index is 12.5. The molecule has 0 aromatic heterocycles. The summed E-state index contributed by atoms with van der Waals surface area (Å²) in [5.41, 5.74) is -7.16.